The molecule has 2 atom stereocenters. The number of aromatic nitrogens is 2. The number of carbonyl (C=O) groups excluding carboxylic acids is 1. The van der Waals surface area contributed by atoms with Crippen molar-refractivity contribution in [2.45, 2.75) is 25.0 Å². The monoisotopic (exact) mass is 341 g/mol. The van der Waals surface area contributed by atoms with Gasteiger partial charge in [-0.05, 0) is 31.0 Å². The molecule has 130 valence electrons. The fourth-order valence-electron chi connectivity index (χ4n) is 3.10. The summed E-state index contributed by atoms with van der Waals surface area (Å²) in [7, 11) is 0. The topological polar surface area (TPSA) is 73.8 Å². The quantitative estimate of drug-likeness (QED) is 0.846. The van der Waals surface area contributed by atoms with Crippen molar-refractivity contribution >= 4 is 5.91 Å². The molecule has 0 saturated carbocycles. The largest absolute Gasteiger partial charge is 0.485 e. The van der Waals surface area contributed by atoms with E-state index in [0.717, 1.165) is 12.8 Å². The van der Waals surface area contributed by atoms with E-state index in [1.165, 1.54) is 0 Å². The number of carbonyl (C=O) groups is 1. The number of rotatable bonds is 3. The summed E-state index contributed by atoms with van der Waals surface area (Å²) in [6.45, 7) is 1.43. The maximum absolute atomic E-state index is 12.8. The number of ether oxygens (including phenoxy) is 3. The lowest BCUT2D eigenvalue weighted by Gasteiger charge is -2.35. The summed E-state index contributed by atoms with van der Waals surface area (Å²) in [4.78, 5) is 14.6. The predicted octanol–water partition coefficient (Wildman–Crippen LogP) is 1.69. The predicted molar refractivity (Wildman–Crippen MR) is 88.6 cm³/mol. The standard InChI is InChI=1S/C18H19N3O4/c22-18(16-12-23-14-6-1-2-7-15(14)25-16)21-10-4-5-13(11-21)24-17-8-3-9-19-20-17/h1-3,6-9,13,16H,4-5,10-12H2/t13-,16-/m0/s1. The summed E-state index contributed by atoms with van der Waals surface area (Å²) >= 11 is 0. The second-order valence-corrected chi connectivity index (χ2v) is 6.09. The summed E-state index contributed by atoms with van der Waals surface area (Å²) in [6, 6.07) is 10.9. The molecule has 25 heavy (non-hydrogen) atoms. The first-order valence-electron chi connectivity index (χ1n) is 8.41. The first-order valence-corrected chi connectivity index (χ1v) is 8.41. The second-order valence-electron chi connectivity index (χ2n) is 6.09. The normalized spacial score (nSPS) is 22.3. The van der Waals surface area contributed by atoms with Gasteiger partial charge in [0.15, 0.2) is 11.5 Å². The average molecular weight is 341 g/mol. The third-order valence-electron chi connectivity index (χ3n) is 4.31. The smallest absolute Gasteiger partial charge is 0.267 e. The highest BCUT2D eigenvalue weighted by Gasteiger charge is 2.34. The molecule has 1 aromatic heterocycles. The maximum atomic E-state index is 12.8. The highest BCUT2D eigenvalue weighted by atomic mass is 16.6. The van der Waals surface area contributed by atoms with Crippen molar-refractivity contribution in [3.8, 4) is 17.4 Å². The lowest BCUT2D eigenvalue weighted by atomic mass is 10.1. The number of benzene rings is 1. The van der Waals surface area contributed by atoms with Gasteiger partial charge in [-0.1, -0.05) is 12.1 Å². The van der Waals surface area contributed by atoms with Crippen LogP contribution in [0.3, 0.4) is 0 Å². The van der Waals surface area contributed by atoms with Crippen molar-refractivity contribution in [3.05, 3.63) is 42.6 Å². The van der Waals surface area contributed by atoms with Crippen LogP contribution in [-0.4, -0.2) is 52.9 Å². The minimum Gasteiger partial charge on any atom is -0.485 e. The number of hydrogen-bond donors (Lipinski definition) is 0. The molecule has 0 aliphatic carbocycles. The Morgan fingerprint density at radius 2 is 2.08 bits per heavy atom. The van der Waals surface area contributed by atoms with Crippen molar-refractivity contribution in [1.82, 2.24) is 15.1 Å². The first-order chi connectivity index (χ1) is 12.3. The zero-order valence-electron chi connectivity index (χ0n) is 13.7. The Bertz CT molecular complexity index is 740. The summed E-state index contributed by atoms with van der Waals surface area (Å²) in [6.07, 6.45) is 2.64. The highest BCUT2D eigenvalue weighted by Crippen LogP contribution is 2.31. The van der Waals surface area contributed by atoms with E-state index in [-0.39, 0.29) is 18.6 Å². The van der Waals surface area contributed by atoms with Crippen LogP contribution in [0.4, 0.5) is 0 Å². The molecule has 2 aromatic rings. The molecule has 4 rings (SSSR count). The minimum absolute atomic E-state index is 0.0676. The Morgan fingerprint density at radius 3 is 2.92 bits per heavy atom. The van der Waals surface area contributed by atoms with Crippen LogP contribution in [0, 0.1) is 0 Å². The lowest BCUT2D eigenvalue weighted by Crippen LogP contribution is -2.51. The molecule has 2 aliphatic rings. The molecule has 1 saturated heterocycles. The molecule has 0 bridgehead atoms. The maximum Gasteiger partial charge on any atom is 0.267 e. The molecular formula is C18H19N3O4. The average Bonchev–Trinajstić information content (AvgIpc) is 2.68. The van der Waals surface area contributed by atoms with Gasteiger partial charge < -0.3 is 19.1 Å². The number of hydrogen-bond acceptors (Lipinski definition) is 6. The second kappa shape index (κ2) is 6.96. The van der Waals surface area contributed by atoms with Gasteiger partial charge in [0.25, 0.3) is 5.91 Å². The van der Waals surface area contributed by atoms with Gasteiger partial charge in [0.2, 0.25) is 12.0 Å². The van der Waals surface area contributed by atoms with E-state index in [4.69, 9.17) is 14.2 Å². The van der Waals surface area contributed by atoms with Crippen molar-refractivity contribution in [2.75, 3.05) is 19.7 Å². The Labute approximate surface area is 145 Å². The van der Waals surface area contributed by atoms with Crippen LogP contribution >= 0.6 is 0 Å². The Balaban J connectivity index is 1.39. The van der Waals surface area contributed by atoms with E-state index >= 15 is 0 Å². The molecule has 7 nitrogen and oxygen atoms in total. The fourth-order valence-corrected chi connectivity index (χ4v) is 3.10. The third-order valence-corrected chi connectivity index (χ3v) is 4.31. The van der Waals surface area contributed by atoms with Crippen LogP contribution in [0.25, 0.3) is 0 Å². The van der Waals surface area contributed by atoms with Gasteiger partial charge in [-0.3, -0.25) is 4.79 Å². The molecule has 0 radical (unpaired) electrons. The van der Waals surface area contributed by atoms with E-state index in [9.17, 15) is 4.79 Å². The lowest BCUT2D eigenvalue weighted by molar-refractivity contribution is -0.143. The number of fused-ring (bicyclic) bond motifs is 1. The van der Waals surface area contributed by atoms with Gasteiger partial charge in [-0.25, -0.2) is 0 Å². The van der Waals surface area contributed by atoms with Crippen LogP contribution < -0.4 is 14.2 Å². The van der Waals surface area contributed by atoms with E-state index in [1.807, 2.05) is 24.3 Å². The van der Waals surface area contributed by atoms with Gasteiger partial charge in [0.05, 0.1) is 6.54 Å². The Hall–Kier alpha value is -2.83. The Morgan fingerprint density at radius 1 is 1.20 bits per heavy atom. The molecule has 1 fully saturated rings. The highest BCUT2D eigenvalue weighted by molar-refractivity contribution is 5.82. The summed E-state index contributed by atoms with van der Waals surface area (Å²) < 4.78 is 17.3. The van der Waals surface area contributed by atoms with Crippen LogP contribution in [0.5, 0.6) is 17.4 Å². The summed E-state index contributed by atoms with van der Waals surface area (Å²) in [5.74, 6) is 1.69. The number of para-hydroxylation sites is 2. The van der Waals surface area contributed by atoms with E-state index in [2.05, 4.69) is 10.2 Å². The zero-order chi connectivity index (χ0) is 17.1. The molecule has 0 spiro atoms. The zero-order valence-corrected chi connectivity index (χ0v) is 13.7. The van der Waals surface area contributed by atoms with Gasteiger partial charge in [-0.15, -0.1) is 5.10 Å². The summed E-state index contributed by atoms with van der Waals surface area (Å²) in [5, 5.41) is 7.74. The van der Waals surface area contributed by atoms with E-state index in [0.29, 0.717) is 30.5 Å². The molecule has 7 heteroatoms. The van der Waals surface area contributed by atoms with Crippen molar-refractivity contribution in [2.24, 2.45) is 0 Å². The molecule has 0 N–H and O–H groups in total. The first kappa shape index (κ1) is 15.7. The van der Waals surface area contributed by atoms with Gasteiger partial charge in [-0.2, -0.15) is 5.10 Å². The molecule has 2 aliphatic heterocycles. The molecule has 1 aromatic carbocycles. The van der Waals surface area contributed by atoms with Crippen molar-refractivity contribution in [1.29, 1.82) is 0 Å². The molecule has 0 unspecified atom stereocenters. The SMILES string of the molecule is O=C([C@@H]1COc2ccccc2O1)N1CCC[C@H](Oc2cccnn2)C1. The fraction of sp³-hybridized carbons (Fsp3) is 0.389. The number of piperidine rings is 1. The number of nitrogens with zero attached hydrogens (tertiary/aromatic N) is 3. The van der Waals surface area contributed by atoms with E-state index in [1.54, 1.807) is 23.2 Å². The molecule has 1 amide bonds. The summed E-state index contributed by atoms with van der Waals surface area (Å²) in [5.41, 5.74) is 0. The van der Waals surface area contributed by atoms with E-state index < -0.39 is 6.10 Å². The minimum atomic E-state index is -0.620. The van der Waals surface area contributed by atoms with Crippen LogP contribution in [0.2, 0.25) is 0 Å². The van der Waals surface area contributed by atoms with Gasteiger partial charge >= 0.3 is 0 Å². The third kappa shape index (κ3) is 3.50. The molecule has 3 heterocycles. The van der Waals surface area contributed by atoms with Crippen molar-refractivity contribution in [3.63, 3.8) is 0 Å². The number of likely N-dealkylation sites (tertiary alicyclic amines) is 1. The Kier molecular flexibility index (Phi) is 4.37. The van der Waals surface area contributed by atoms with Gasteiger partial charge in [0, 0.05) is 18.8 Å². The van der Waals surface area contributed by atoms with Crippen LogP contribution in [-0.2, 0) is 4.79 Å². The number of amides is 1. The van der Waals surface area contributed by atoms with Crippen LogP contribution in [0.1, 0.15) is 12.8 Å². The van der Waals surface area contributed by atoms with Crippen LogP contribution in [0.15, 0.2) is 42.6 Å². The molecular weight excluding hydrogens is 322 g/mol. The van der Waals surface area contributed by atoms with Gasteiger partial charge in [0.1, 0.15) is 12.7 Å². The van der Waals surface area contributed by atoms with Crippen molar-refractivity contribution < 1.29 is 19.0 Å².